The first-order valence-electron chi connectivity index (χ1n) is 5.39. The van der Waals surface area contributed by atoms with Crippen LogP contribution in [0.1, 0.15) is 6.42 Å². The first-order valence-corrected chi connectivity index (χ1v) is 9.73. The lowest BCUT2D eigenvalue weighted by atomic mass is 10.3. The fourth-order valence-corrected chi connectivity index (χ4v) is 4.00. The molecule has 0 spiro atoms. The zero-order valence-corrected chi connectivity index (χ0v) is 13.6. The summed E-state index contributed by atoms with van der Waals surface area (Å²) >= 11 is 5.75. The highest BCUT2D eigenvalue weighted by atomic mass is 35.7. The maximum atomic E-state index is 11.7. The van der Waals surface area contributed by atoms with E-state index >= 15 is 0 Å². The van der Waals surface area contributed by atoms with Crippen molar-refractivity contribution in [3.63, 3.8) is 0 Å². The van der Waals surface area contributed by atoms with E-state index < -0.39 is 19.1 Å². The SMILES string of the molecule is COCCCS(=O)(=O)Nc1ccc(S(=O)(=O)Cl)c(Cl)c1. The van der Waals surface area contributed by atoms with E-state index in [9.17, 15) is 16.8 Å². The Bertz CT molecular complexity index is 673. The van der Waals surface area contributed by atoms with Gasteiger partial charge >= 0.3 is 0 Å². The summed E-state index contributed by atoms with van der Waals surface area (Å²) in [7, 11) is -0.862. The molecule has 10 heteroatoms. The summed E-state index contributed by atoms with van der Waals surface area (Å²) in [5.74, 6) is -0.117. The molecule has 0 atom stereocenters. The number of benzene rings is 1. The van der Waals surface area contributed by atoms with Crippen molar-refractivity contribution in [1.29, 1.82) is 0 Å². The standard InChI is InChI=1S/C10H13Cl2NO5S2/c1-18-5-2-6-19(14,15)13-8-3-4-10(9(11)7-8)20(12,16)17/h3-4,7,13H,2,5-6H2,1H3. The van der Waals surface area contributed by atoms with Gasteiger partial charge in [0.05, 0.1) is 16.5 Å². The molecule has 0 aliphatic heterocycles. The Kier molecular flexibility index (Phi) is 6.08. The fourth-order valence-electron chi connectivity index (χ4n) is 1.39. The van der Waals surface area contributed by atoms with Gasteiger partial charge in [0.25, 0.3) is 9.05 Å². The molecule has 6 nitrogen and oxygen atoms in total. The Morgan fingerprint density at radius 2 is 1.90 bits per heavy atom. The second-order valence-corrected chi connectivity index (χ2v) is 8.63. The van der Waals surface area contributed by atoms with Crippen molar-refractivity contribution in [2.75, 3.05) is 24.2 Å². The van der Waals surface area contributed by atoms with Crippen LogP contribution in [0.25, 0.3) is 0 Å². The van der Waals surface area contributed by atoms with Crippen molar-refractivity contribution in [1.82, 2.24) is 0 Å². The third kappa shape index (κ3) is 5.45. The van der Waals surface area contributed by atoms with Crippen LogP contribution in [0.5, 0.6) is 0 Å². The van der Waals surface area contributed by atoms with E-state index in [1.807, 2.05) is 0 Å². The summed E-state index contributed by atoms with van der Waals surface area (Å²) in [5.41, 5.74) is 0.163. The van der Waals surface area contributed by atoms with Crippen molar-refractivity contribution in [2.24, 2.45) is 0 Å². The fraction of sp³-hybridized carbons (Fsp3) is 0.400. The first-order chi connectivity index (χ1) is 9.15. The molecule has 0 saturated carbocycles. The maximum absolute atomic E-state index is 11.7. The third-order valence-electron chi connectivity index (χ3n) is 2.23. The molecule has 0 bridgehead atoms. The predicted octanol–water partition coefficient (Wildman–Crippen LogP) is 2.05. The smallest absolute Gasteiger partial charge is 0.262 e. The lowest BCUT2D eigenvalue weighted by molar-refractivity contribution is 0.199. The number of rotatable bonds is 7. The summed E-state index contributed by atoms with van der Waals surface area (Å²) in [4.78, 5) is -0.275. The van der Waals surface area contributed by atoms with Gasteiger partial charge in [0.15, 0.2) is 0 Å². The first kappa shape index (κ1) is 17.5. The highest BCUT2D eigenvalue weighted by molar-refractivity contribution is 8.13. The summed E-state index contributed by atoms with van der Waals surface area (Å²) in [5, 5.41) is -0.155. The van der Waals surface area contributed by atoms with Gasteiger partial charge in [-0.1, -0.05) is 11.6 Å². The highest BCUT2D eigenvalue weighted by Gasteiger charge is 2.16. The van der Waals surface area contributed by atoms with E-state index in [2.05, 4.69) is 4.72 Å². The van der Waals surface area contributed by atoms with Gasteiger partial charge in [-0.2, -0.15) is 0 Å². The molecular formula is C10H13Cl2NO5S2. The largest absolute Gasteiger partial charge is 0.385 e. The van der Waals surface area contributed by atoms with Crippen LogP contribution in [-0.2, 0) is 23.8 Å². The summed E-state index contributed by atoms with van der Waals surface area (Å²) in [6.07, 6.45) is 0.341. The molecule has 1 rings (SSSR count). The monoisotopic (exact) mass is 361 g/mol. The van der Waals surface area contributed by atoms with Crippen molar-refractivity contribution < 1.29 is 21.6 Å². The molecule has 0 heterocycles. The molecular weight excluding hydrogens is 349 g/mol. The number of anilines is 1. The molecule has 0 aliphatic carbocycles. The molecule has 20 heavy (non-hydrogen) atoms. The Hall–Kier alpha value is -0.540. The number of halogens is 2. The zero-order valence-electron chi connectivity index (χ0n) is 10.5. The second-order valence-electron chi connectivity index (χ2n) is 3.85. The van der Waals surface area contributed by atoms with E-state index in [4.69, 9.17) is 27.0 Å². The summed E-state index contributed by atoms with van der Waals surface area (Å²) in [6, 6.07) is 3.59. The van der Waals surface area contributed by atoms with Crippen molar-refractivity contribution in [3.8, 4) is 0 Å². The average molecular weight is 362 g/mol. The summed E-state index contributed by atoms with van der Waals surface area (Å²) < 4.78 is 52.8. The lowest BCUT2D eigenvalue weighted by Crippen LogP contribution is -2.17. The van der Waals surface area contributed by atoms with E-state index in [-0.39, 0.29) is 21.4 Å². The van der Waals surface area contributed by atoms with E-state index in [0.29, 0.717) is 13.0 Å². The second kappa shape index (κ2) is 6.95. The van der Waals surface area contributed by atoms with E-state index in [1.54, 1.807) is 0 Å². The van der Waals surface area contributed by atoms with Crippen molar-refractivity contribution >= 4 is 47.0 Å². The quantitative estimate of drug-likeness (QED) is 0.592. The number of sulfonamides is 1. The van der Waals surface area contributed by atoms with E-state index in [1.165, 1.54) is 19.2 Å². The Balaban J connectivity index is 2.87. The summed E-state index contributed by atoms with van der Waals surface area (Å²) in [6.45, 7) is 0.324. The normalized spacial score (nSPS) is 12.3. The minimum atomic E-state index is -3.96. The van der Waals surface area contributed by atoms with Crippen LogP contribution in [0.2, 0.25) is 5.02 Å². The molecule has 0 aliphatic rings. The average Bonchev–Trinajstić information content (AvgIpc) is 2.26. The predicted molar refractivity (Wildman–Crippen MR) is 78.4 cm³/mol. The molecule has 0 unspecified atom stereocenters. The molecule has 0 amide bonds. The minimum Gasteiger partial charge on any atom is -0.385 e. The number of hydrogen-bond donors (Lipinski definition) is 1. The van der Waals surface area contributed by atoms with E-state index in [0.717, 1.165) is 6.07 Å². The number of methoxy groups -OCH3 is 1. The van der Waals surface area contributed by atoms with Gasteiger partial charge in [0, 0.05) is 24.4 Å². The third-order valence-corrected chi connectivity index (χ3v) is 5.41. The molecule has 1 aromatic carbocycles. The highest BCUT2D eigenvalue weighted by Crippen LogP contribution is 2.27. The van der Waals surface area contributed by atoms with Gasteiger partial charge < -0.3 is 4.74 Å². The van der Waals surface area contributed by atoms with Crippen molar-refractivity contribution in [3.05, 3.63) is 23.2 Å². The maximum Gasteiger partial charge on any atom is 0.262 e. The van der Waals surface area contributed by atoms with Gasteiger partial charge in [-0.25, -0.2) is 16.8 Å². The molecule has 0 saturated heterocycles. The molecule has 1 aromatic rings. The van der Waals surface area contributed by atoms with Crippen LogP contribution in [0.4, 0.5) is 5.69 Å². The van der Waals surface area contributed by atoms with Crippen LogP contribution < -0.4 is 4.72 Å². The van der Waals surface area contributed by atoms with Gasteiger partial charge in [-0.3, -0.25) is 4.72 Å². The number of nitrogens with one attached hydrogen (secondary N) is 1. The zero-order chi connectivity index (χ0) is 15.4. The topological polar surface area (TPSA) is 89.5 Å². The Morgan fingerprint density at radius 1 is 1.25 bits per heavy atom. The molecule has 1 N–H and O–H groups in total. The molecule has 114 valence electrons. The number of hydrogen-bond acceptors (Lipinski definition) is 5. The van der Waals surface area contributed by atoms with Gasteiger partial charge in [0.1, 0.15) is 4.90 Å². The minimum absolute atomic E-state index is 0.117. The molecule has 0 fully saturated rings. The lowest BCUT2D eigenvalue weighted by Gasteiger charge is -2.09. The van der Waals surface area contributed by atoms with Gasteiger partial charge in [-0.05, 0) is 24.6 Å². The van der Waals surface area contributed by atoms with Crippen LogP contribution in [0.3, 0.4) is 0 Å². The molecule has 0 aromatic heterocycles. The van der Waals surface area contributed by atoms with Crippen LogP contribution in [-0.4, -0.2) is 36.3 Å². The van der Waals surface area contributed by atoms with Gasteiger partial charge in [0.2, 0.25) is 10.0 Å². The van der Waals surface area contributed by atoms with Crippen LogP contribution in [0.15, 0.2) is 23.1 Å². The van der Waals surface area contributed by atoms with Crippen molar-refractivity contribution in [2.45, 2.75) is 11.3 Å². The Morgan fingerprint density at radius 3 is 2.40 bits per heavy atom. The molecule has 0 radical (unpaired) electrons. The Labute approximate surface area is 127 Å². The van der Waals surface area contributed by atoms with Crippen LogP contribution >= 0.6 is 22.3 Å². The van der Waals surface area contributed by atoms with Gasteiger partial charge in [-0.15, -0.1) is 0 Å². The number of ether oxygens (including phenoxy) is 1. The van der Waals surface area contributed by atoms with Crippen LogP contribution in [0, 0.1) is 0 Å².